The number of hydrogen-bond donors (Lipinski definition) is 1. The summed E-state index contributed by atoms with van der Waals surface area (Å²) in [5.41, 5.74) is 4.00. The highest BCUT2D eigenvalue weighted by Gasteiger charge is 2.12. The Bertz CT molecular complexity index is 712. The third kappa shape index (κ3) is 4.22. The van der Waals surface area contributed by atoms with Crippen LogP contribution in [0.5, 0.6) is 5.75 Å². The number of carboxylic acid groups (broad SMARTS) is 1. The van der Waals surface area contributed by atoms with Gasteiger partial charge in [-0.2, -0.15) is 0 Å². The zero-order valence-corrected chi connectivity index (χ0v) is 13.8. The van der Waals surface area contributed by atoms with Crippen molar-refractivity contribution in [1.29, 1.82) is 0 Å². The number of benzene rings is 2. The molecule has 0 saturated carbocycles. The molecule has 0 heterocycles. The van der Waals surface area contributed by atoms with Gasteiger partial charge in [0.2, 0.25) is 0 Å². The van der Waals surface area contributed by atoms with Crippen LogP contribution in [0.25, 0.3) is 11.6 Å². The maximum atomic E-state index is 11.6. The summed E-state index contributed by atoms with van der Waals surface area (Å²) in [6.07, 6.45) is 2.67. The standard InChI is InChI=1S/C20H22O3/c1-4-15-6-8-16(9-7-15)13-18(20(21)22)17-10-11-19(23-5-2)14(3)12-17/h6-13H,4-5H2,1-3H3,(H,21,22)/b18-13-. The fraction of sp³-hybridized carbons (Fsp3) is 0.250. The first-order valence-corrected chi connectivity index (χ1v) is 7.83. The summed E-state index contributed by atoms with van der Waals surface area (Å²) in [5, 5.41) is 9.55. The minimum atomic E-state index is -0.937. The van der Waals surface area contributed by atoms with Crippen LogP contribution in [-0.2, 0) is 11.2 Å². The molecule has 0 aromatic heterocycles. The van der Waals surface area contributed by atoms with E-state index in [-0.39, 0.29) is 5.57 Å². The van der Waals surface area contributed by atoms with Gasteiger partial charge >= 0.3 is 5.97 Å². The molecule has 1 N–H and O–H groups in total. The molecule has 0 bridgehead atoms. The van der Waals surface area contributed by atoms with Crippen molar-refractivity contribution in [3.63, 3.8) is 0 Å². The molecular formula is C20H22O3. The fourth-order valence-corrected chi connectivity index (χ4v) is 2.42. The molecule has 3 nitrogen and oxygen atoms in total. The largest absolute Gasteiger partial charge is 0.494 e. The zero-order valence-electron chi connectivity index (χ0n) is 13.8. The van der Waals surface area contributed by atoms with Gasteiger partial charge in [0, 0.05) is 0 Å². The lowest BCUT2D eigenvalue weighted by atomic mass is 10.00. The summed E-state index contributed by atoms with van der Waals surface area (Å²) in [7, 11) is 0. The van der Waals surface area contributed by atoms with Crippen LogP contribution in [0.1, 0.15) is 36.1 Å². The average molecular weight is 310 g/mol. The lowest BCUT2D eigenvalue weighted by Gasteiger charge is -2.10. The lowest BCUT2D eigenvalue weighted by molar-refractivity contribution is -0.130. The number of hydrogen-bond acceptors (Lipinski definition) is 2. The Labute approximate surface area is 137 Å². The number of ether oxygens (including phenoxy) is 1. The Kier molecular flexibility index (Phi) is 5.58. The van der Waals surface area contributed by atoms with Gasteiger partial charge in [-0.1, -0.05) is 37.3 Å². The molecule has 0 aliphatic carbocycles. The summed E-state index contributed by atoms with van der Waals surface area (Å²) in [6, 6.07) is 13.4. The molecule has 0 amide bonds. The molecule has 0 unspecified atom stereocenters. The van der Waals surface area contributed by atoms with Gasteiger partial charge in [0.25, 0.3) is 0 Å². The Morgan fingerprint density at radius 3 is 2.35 bits per heavy atom. The first-order valence-electron chi connectivity index (χ1n) is 7.83. The van der Waals surface area contributed by atoms with Gasteiger partial charge in [-0.25, -0.2) is 4.79 Å². The van der Waals surface area contributed by atoms with Crippen LogP contribution in [0.3, 0.4) is 0 Å². The third-order valence-corrected chi connectivity index (χ3v) is 3.72. The summed E-state index contributed by atoms with van der Waals surface area (Å²) in [6.45, 7) is 6.53. The topological polar surface area (TPSA) is 46.5 Å². The molecule has 2 rings (SSSR count). The summed E-state index contributed by atoms with van der Waals surface area (Å²) >= 11 is 0. The molecule has 2 aromatic rings. The van der Waals surface area contributed by atoms with Crippen molar-refractivity contribution in [1.82, 2.24) is 0 Å². The number of aryl methyl sites for hydroxylation is 2. The van der Waals surface area contributed by atoms with Crippen LogP contribution in [0.2, 0.25) is 0 Å². The van der Waals surface area contributed by atoms with Gasteiger partial charge in [-0.3, -0.25) is 0 Å². The van der Waals surface area contributed by atoms with E-state index in [1.54, 1.807) is 12.1 Å². The number of rotatable bonds is 6. The second-order valence-electron chi connectivity index (χ2n) is 5.37. The van der Waals surface area contributed by atoms with Gasteiger partial charge in [-0.15, -0.1) is 0 Å². The fourth-order valence-electron chi connectivity index (χ4n) is 2.42. The van der Waals surface area contributed by atoms with Crippen LogP contribution in [0.15, 0.2) is 42.5 Å². The van der Waals surface area contributed by atoms with E-state index < -0.39 is 5.97 Å². The van der Waals surface area contributed by atoms with E-state index in [9.17, 15) is 9.90 Å². The van der Waals surface area contributed by atoms with Crippen LogP contribution >= 0.6 is 0 Å². The SMILES string of the molecule is CCOc1ccc(/C(=C/c2ccc(CC)cc2)C(=O)O)cc1C. The van der Waals surface area contributed by atoms with Gasteiger partial charge in [-0.05, 0) is 60.7 Å². The maximum absolute atomic E-state index is 11.6. The normalized spacial score (nSPS) is 11.3. The molecule has 0 radical (unpaired) electrons. The molecule has 3 heteroatoms. The van der Waals surface area contributed by atoms with Crippen molar-refractivity contribution in [2.24, 2.45) is 0 Å². The van der Waals surface area contributed by atoms with Crippen LogP contribution in [0.4, 0.5) is 0 Å². The van der Waals surface area contributed by atoms with E-state index in [1.165, 1.54) is 5.56 Å². The van der Waals surface area contributed by atoms with Gasteiger partial charge < -0.3 is 9.84 Å². The van der Waals surface area contributed by atoms with Crippen LogP contribution in [0, 0.1) is 6.92 Å². The van der Waals surface area contributed by atoms with Crippen LogP contribution in [-0.4, -0.2) is 17.7 Å². The predicted molar refractivity (Wildman–Crippen MR) is 93.7 cm³/mol. The van der Waals surface area contributed by atoms with Gasteiger partial charge in [0.1, 0.15) is 5.75 Å². The van der Waals surface area contributed by atoms with E-state index in [4.69, 9.17) is 4.74 Å². The molecule has 120 valence electrons. The molecule has 0 fully saturated rings. The molecule has 0 aliphatic rings. The van der Waals surface area contributed by atoms with Crippen molar-refractivity contribution < 1.29 is 14.6 Å². The molecular weight excluding hydrogens is 288 g/mol. The smallest absolute Gasteiger partial charge is 0.336 e. The summed E-state index contributed by atoms with van der Waals surface area (Å²) in [5.74, 6) is -0.151. The minimum absolute atomic E-state index is 0.278. The number of carbonyl (C=O) groups is 1. The first kappa shape index (κ1) is 16.8. The molecule has 2 aromatic carbocycles. The molecule has 23 heavy (non-hydrogen) atoms. The Morgan fingerprint density at radius 2 is 1.83 bits per heavy atom. The quantitative estimate of drug-likeness (QED) is 0.627. The number of aliphatic carboxylic acids is 1. The second-order valence-corrected chi connectivity index (χ2v) is 5.37. The lowest BCUT2D eigenvalue weighted by Crippen LogP contribution is -2.01. The van der Waals surface area contributed by atoms with E-state index in [0.717, 1.165) is 23.3 Å². The van der Waals surface area contributed by atoms with Crippen LogP contribution < -0.4 is 4.74 Å². The second kappa shape index (κ2) is 7.63. The Hall–Kier alpha value is -2.55. The summed E-state index contributed by atoms with van der Waals surface area (Å²) in [4.78, 5) is 11.6. The van der Waals surface area contributed by atoms with E-state index in [0.29, 0.717) is 12.2 Å². The highest BCUT2D eigenvalue weighted by molar-refractivity contribution is 6.20. The Morgan fingerprint density at radius 1 is 1.13 bits per heavy atom. The van der Waals surface area contributed by atoms with Gasteiger partial charge in [0.05, 0.1) is 12.2 Å². The minimum Gasteiger partial charge on any atom is -0.494 e. The van der Waals surface area contributed by atoms with Crippen molar-refractivity contribution >= 4 is 17.6 Å². The molecule has 0 saturated heterocycles. The van der Waals surface area contributed by atoms with Crippen molar-refractivity contribution in [2.75, 3.05) is 6.61 Å². The van der Waals surface area contributed by atoms with Gasteiger partial charge in [0.15, 0.2) is 0 Å². The Balaban J connectivity index is 2.39. The molecule has 0 spiro atoms. The summed E-state index contributed by atoms with van der Waals surface area (Å²) < 4.78 is 5.51. The van der Waals surface area contributed by atoms with E-state index in [1.807, 2.05) is 50.2 Å². The van der Waals surface area contributed by atoms with Crippen molar-refractivity contribution in [3.8, 4) is 5.75 Å². The average Bonchev–Trinajstić information content (AvgIpc) is 2.55. The maximum Gasteiger partial charge on any atom is 0.336 e. The van der Waals surface area contributed by atoms with E-state index in [2.05, 4.69) is 6.92 Å². The third-order valence-electron chi connectivity index (χ3n) is 3.72. The first-order chi connectivity index (χ1) is 11.0. The monoisotopic (exact) mass is 310 g/mol. The number of carboxylic acids is 1. The predicted octanol–water partition coefficient (Wildman–Crippen LogP) is 4.58. The van der Waals surface area contributed by atoms with E-state index >= 15 is 0 Å². The highest BCUT2D eigenvalue weighted by Crippen LogP contribution is 2.25. The van der Waals surface area contributed by atoms with Crippen molar-refractivity contribution in [2.45, 2.75) is 27.2 Å². The molecule has 0 aliphatic heterocycles. The van der Waals surface area contributed by atoms with Crippen molar-refractivity contribution in [3.05, 3.63) is 64.7 Å². The zero-order chi connectivity index (χ0) is 16.8. The molecule has 0 atom stereocenters. The highest BCUT2D eigenvalue weighted by atomic mass is 16.5.